The molecular formula is C36H40BrN3O8. The molecule has 2 aromatic carbocycles. The first-order valence-electron chi connectivity index (χ1n) is 16.3. The summed E-state index contributed by atoms with van der Waals surface area (Å²) in [6, 6.07) is 13.6. The predicted molar refractivity (Wildman–Crippen MR) is 180 cm³/mol. The van der Waals surface area contributed by atoms with Crippen LogP contribution in [0, 0.1) is 11.8 Å². The van der Waals surface area contributed by atoms with Crippen LogP contribution in [-0.2, 0) is 28.7 Å². The lowest BCUT2D eigenvalue weighted by molar-refractivity contribution is -0.161. The van der Waals surface area contributed by atoms with Gasteiger partial charge in [0.05, 0.1) is 31.7 Å². The van der Waals surface area contributed by atoms with E-state index in [1.807, 2.05) is 49.4 Å². The molecule has 48 heavy (non-hydrogen) atoms. The highest BCUT2D eigenvalue weighted by molar-refractivity contribution is 9.11. The first-order valence-corrected chi connectivity index (χ1v) is 17.1. The van der Waals surface area contributed by atoms with E-state index in [9.17, 15) is 24.3 Å². The van der Waals surface area contributed by atoms with Crippen molar-refractivity contribution in [1.82, 2.24) is 10.2 Å². The van der Waals surface area contributed by atoms with Crippen molar-refractivity contribution in [3.63, 3.8) is 0 Å². The molecule has 0 saturated carbocycles. The highest BCUT2D eigenvalue weighted by Gasteiger charge is 2.75. The van der Waals surface area contributed by atoms with Gasteiger partial charge in [0.15, 0.2) is 0 Å². The minimum Gasteiger partial charge on any atom is -0.497 e. The Bertz CT molecular complexity index is 1610. The lowest BCUT2D eigenvalue weighted by Gasteiger charge is -2.38. The van der Waals surface area contributed by atoms with E-state index < -0.39 is 65.6 Å². The average Bonchev–Trinajstić information content (AvgIpc) is 3.69. The van der Waals surface area contributed by atoms with Crippen LogP contribution in [-0.4, -0.2) is 83.8 Å². The van der Waals surface area contributed by atoms with Crippen LogP contribution in [0.15, 0.2) is 77.3 Å². The number of nitrogens with one attached hydrogen (secondary N) is 1. The van der Waals surface area contributed by atoms with E-state index in [4.69, 9.17) is 14.2 Å². The Morgan fingerprint density at radius 1 is 1.04 bits per heavy atom. The van der Waals surface area contributed by atoms with E-state index in [1.54, 1.807) is 49.3 Å². The number of benzene rings is 2. The highest BCUT2D eigenvalue weighted by Crippen LogP contribution is 2.59. The fourth-order valence-corrected chi connectivity index (χ4v) is 8.20. The zero-order valence-electron chi connectivity index (χ0n) is 27.1. The third-order valence-electron chi connectivity index (χ3n) is 9.80. The molecule has 0 unspecified atom stereocenters. The molecule has 4 aliphatic rings. The Labute approximate surface area is 288 Å². The third-order valence-corrected chi connectivity index (χ3v) is 10.5. The molecule has 3 amide bonds. The van der Waals surface area contributed by atoms with Crippen molar-refractivity contribution in [3.8, 4) is 5.75 Å². The third kappa shape index (κ3) is 5.83. The average molecular weight is 723 g/mol. The van der Waals surface area contributed by atoms with Crippen molar-refractivity contribution in [2.45, 2.75) is 69.0 Å². The predicted octanol–water partition coefficient (Wildman–Crippen LogP) is 3.81. The number of aliphatic hydroxyl groups is 1. The second-order valence-electron chi connectivity index (χ2n) is 12.6. The molecule has 11 nitrogen and oxygen atoms in total. The van der Waals surface area contributed by atoms with Gasteiger partial charge in [0.1, 0.15) is 35.5 Å². The largest absolute Gasteiger partial charge is 0.497 e. The summed E-state index contributed by atoms with van der Waals surface area (Å²) in [7, 11) is 1.55. The number of allylic oxidation sites excluding steroid dienone is 1. The smallest absolute Gasteiger partial charge is 0.313 e. The number of halogens is 1. The number of carbonyl (C=O) groups excluding carboxylic acids is 4. The van der Waals surface area contributed by atoms with Gasteiger partial charge in [-0.05, 0) is 55.7 Å². The monoisotopic (exact) mass is 721 g/mol. The van der Waals surface area contributed by atoms with Gasteiger partial charge in [-0.3, -0.25) is 19.2 Å². The van der Waals surface area contributed by atoms with Crippen molar-refractivity contribution < 1.29 is 38.5 Å². The molecule has 0 aromatic heterocycles. The maximum Gasteiger partial charge on any atom is 0.313 e. The highest BCUT2D eigenvalue weighted by atomic mass is 79.9. The van der Waals surface area contributed by atoms with Crippen LogP contribution in [0.25, 0.3) is 0 Å². The molecule has 12 heteroatoms. The summed E-state index contributed by atoms with van der Waals surface area (Å²) in [5.41, 5.74) is -0.274. The second kappa shape index (κ2) is 13.9. The summed E-state index contributed by atoms with van der Waals surface area (Å²) in [6.07, 6.45) is 4.63. The van der Waals surface area contributed by atoms with Gasteiger partial charge in [0, 0.05) is 23.1 Å². The minimum atomic E-state index is -1.51. The summed E-state index contributed by atoms with van der Waals surface area (Å²) in [5.74, 6) is -3.36. The first kappa shape index (κ1) is 33.9. The second-order valence-corrected chi connectivity index (χ2v) is 13.5. The van der Waals surface area contributed by atoms with Gasteiger partial charge in [-0.15, -0.1) is 0 Å². The number of esters is 1. The molecule has 2 fully saturated rings. The van der Waals surface area contributed by atoms with E-state index in [1.165, 1.54) is 4.90 Å². The summed E-state index contributed by atoms with van der Waals surface area (Å²) >= 11 is 3.59. The van der Waals surface area contributed by atoms with Gasteiger partial charge in [0.2, 0.25) is 11.8 Å². The van der Waals surface area contributed by atoms with Crippen molar-refractivity contribution in [2.75, 3.05) is 25.2 Å². The van der Waals surface area contributed by atoms with E-state index in [0.717, 1.165) is 0 Å². The van der Waals surface area contributed by atoms with Gasteiger partial charge < -0.3 is 34.4 Å². The van der Waals surface area contributed by atoms with Gasteiger partial charge in [-0.25, -0.2) is 0 Å². The number of hydrogen-bond donors (Lipinski definition) is 2. The number of hydrogen-bond acceptors (Lipinski definition) is 8. The van der Waals surface area contributed by atoms with Crippen LogP contribution in [0.3, 0.4) is 0 Å². The van der Waals surface area contributed by atoms with E-state index in [2.05, 4.69) is 21.2 Å². The first-order chi connectivity index (χ1) is 23.1. The standard InChI is InChI=1S/C36H40BrN3O8/c1-4-23(20-41)40-32-34(44)39(24-14-16-25(46-3)17-15-24)18-10-6-9-13-27(42)38-21(2)30(22-11-7-5-8-12-22)47-35(45)28-29(33(40)43)36(32)19-26(37)31(28)48-36/h5-8,10-12,14-17,19,21,23,28-32,41H,4,9,13,18,20H2,1-3H3,(H,38,42)/b10-6-/t21-,23+,28+,29-,30+,31+,32+,36-/m1/s1. The number of methoxy groups -OCH3 is 1. The van der Waals surface area contributed by atoms with Gasteiger partial charge in [-0.2, -0.15) is 0 Å². The number of fused-ring (bicyclic) bond motifs is 2. The molecule has 0 radical (unpaired) electrons. The zero-order valence-corrected chi connectivity index (χ0v) is 28.7. The van der Waals surface area contributed by atoms with Gasteiger partial charge >= 0.3 is 5.97 Å². The number of aliphatic hydroxyl groups excluding tert-OH is 1. The Morgan fingerprint density at radius 3 is 2.44 bits per heavy atom. The van der Waals surface area contributed by atoms with Crippen LogP contribution in [0.4, 0.5) is 5.69 Å². The molecule has 2 N–H and O–H groups in total. The van der Waals surface area contributed by atoms with Crippen molar-refractivity contribution in [3.05, 3.63) is 82.9 Å². The number of nitrogens with zero attached hydrogens (tertiary/aromatic N) is 2. The Hall–Kier alpha value is -4.00. The normalized spacial score (nSPS) is 32.0. The SMILES string of the molecule is CC[C@@H](CO)N1C(=O)[C@H]2[C@@H]3C(=O)O[C@H](c4ccccc4)[C@@H](C)NC(=O)CC/C=C\CN(c4ccc(OC)cc4)C(=O)[C@H]1[C@@]21C=C(Br)[C@@H]3O1. The molecule has 4 heterocycles. The number of amides is 3. The van der Waals surface area contributed by atoms with Crippen LogP contribution in [0.2, 0.25) is 0 Å². The maximum atomic E-state index is 15.0. The van der Waals surface area contributed by atoms with Crippen molar-refractivity contribution in [1.29, 1.82) is 0 Å². The van der Waals surface area contributed by atoms with E-state index in [-0.39, 0.29) is 25.5 Å². The van der Waals surface area contributed by atoms with Gasteiger partial charge in [-0.1, -0.05) is 65.3 Å². The Balaban J connectivity index is 1.48. The molecule has 254 valence electrons. The fraction of sp³-hybridized carbons (Fsp3) is 0.444. The fourth-order valence-electron chi connectivity index (χ4n) is 7.46. The van der Waals surface area contributed by atoms with Crippen LogP contribution in [0.1, 0.15) is 44.8 Å². The number of rotatable bonds is 6. The lowest BCUT2D eigenvalue weighted by Crippen LogP contribution is -2.58. The summed E-state index contributed by atoms with van der Waals surface area (Å²) in [5, 5.41) is 13.5. The molecule has 1 spiro atoms. The molecule has 2 aromatic rings. The summed E-state index contributed by atoms with van der Waals surface area (Å²) in [4.78, 5) is 59.9. The molecule has 6 rings (SSSR count). The van der Waals surface area contributed by atoms with E-state index >= 15 is 0 Å². The molecule has 5 bridgehead atoms. The molecule has 4 aliphatic heterocycles. The van der Waals surface area contributed by atoms with Crippen LogP contribution < -0.4 is 15.0 Å². The number of ether oxygens (including phenoxy) is 3. The molecule has 0 aliphatic carbocycles. The maximum absolute atomic E-state index is 15.0. The minimum absolute atomic E-state index is 0.133. The topological polar surface area (TPSA) is 135 Å². The number of likely N-dealkylation sites (tertiary alicyclic amines) is 1. The van der Waals surface area contributed by atoms with Crippen LogP contribution in [0.5, 0.6) is 5.75 Å². The zero-order chi connectivity index (χ0) is 34.2. The van der Waals surface area contributed by atoms with Crippen molar-refractivity contribution in [2.24, 2.45) is 11.8 Å². The van der Waals surface area contributed by atoms with Gasteiger partial charge in [0.25, 0.3) is 5.91 Å². The Morgan fingerprint density at radius 2 is 1.77 bits per heavy atom. The summed E-state index contributed by atoms with van der Waals surface area (Å²) < 4.78 is 18.7. The molecule has 2 saturated heterocycles. The number of cyclic esters (lactones) is 1. The molecular weight excluding hydrogens is 682 g/mol. The molecule has 8 atom stereocenters. The number of anilines is 1. The Kier molecular flexibility index (Phi) is 9.78. The van der Waals surface area contributed by atoms with Crippen molar-refractivity contribution >= 4 is 45.3 Å². The van der Waals surface area contributed by atoms with Crippen LogP contribution >= 0.6 is 15.9 Å². The quantitative estimate of drug-likeness (QED) is 0.340. The number of carbonyl (C=O) groups is 4. The lowest BCUT2D eigenvalue weighted by atomic mass is 9.74. The van der Waals surface area contributed by atoms with E-state index in [0.29, 0.717) is 34.3 Å². The summed E-state index contributed by atoms with van der Waals surface area (Å²) in [6.45, 7) is 3.36.